The van der Waals surface area contributed by atoms with E-state index < -0.39 is 0 Å². The number of rotatable bonds is 2. The maximum atomic E-state index is 14.4. The number of hydrogen-bond donors (Lipinski definition) is 1. The van der Waals surface area contributed by atoms with Gasteiger partial charge in [0.15, 0.2) is 17.3 Å². The van der Waals surface area contributed by atoms with Crippen molar-refractivity contribution in [3.8, 4) is 0 Å². The van der Waals surface area contributed by atoms with Crippen molar-refractivity contribution in [2.24, 2.45) is 0 Å². The summed E-state index contributed by atoms with van der Waals surface area (Å²) in [5.41, 5.74) is 8.46. The van der Waals surface area contributed by atoms with E-state index in [9.17, 15) is 4.39 Å². The van der Waals surface area contributed by atoms with Gasteiger partial charge in [0.05, 0.1) is 5.69 Å². The standard InChI is InChI=1S/C21H19FN6/c22-18-14-9-10-27(11-13(14)7-8-17(18)23)21-16-4-2-1-3-15(16)20-25-24-19(12-5-6-12)28(20)26-21/h1-4,7-8,12H,5-6,9-11,23H2. The first-order chi connectivity index (χ1) is 13.7. The average Bonchev–Trinajstić information content (AvgIpc) is 3.48. The molecule has 28 heavy (non-hydrogen) atoms. The molecular formula is C21H19FN6. The Morgan fingerprint density at radius 3 is 2.68 bits per heavy atom. The Kier molecular flexibility index (Phi) is 3.18. The van der Waals surface area contributed by atoms with Gasteiger partial charge in [-0.25, -0.2) is 4.39 Å². The molecule has 2 aromatic carbocycles. The molecule has 4 aromatic rings. The molecule has 1 aliphatic heterocycles. The molecule has 0 saturated heterocycles. The summed E-state index contributed by atoms with van der Waals surface area (Å²) in [4.78, 5) is 2.22. The van der Waals surface area contributed by atoms with Crippen LogP contribution in [-0.4, -0.2) is 26.4 Å². The van der Waals surface area contributed by atoms with Gasteiger partial charge < -0.3 is 10.6 Å². The van der Waals surface area contributed by atoms with E-state index in [1.54, 1.807) is 6.07 Å². The highest BCUT2D eigenvalue weighted by Crippen LogP contribution is 2.40. The summed E-state index contributed by atoms with van der Waals surface area (Å²) in [5.74, 6) is 2.02. The molecule has 2 aliphatic rings. The molecule has 6 rings (SSSR count). The number of hydrogen-bond acceptors (Lipinski definition) is 5. The van der Waals surface area contributed by atoms with Crippen LogP contribution < -0.4 is 10.6 Å². The minimum absolute atomic E-state index is 0.218. The predicted octanol–water partition coefficient (Wildman–Crippen LogP) is 3.44. The molecule has 3 heterocycles. The Labute approximate surface area is 160 Å². The van der Waals surface area contributed by atoms with Crippen LogP contribution in [0.4, 0.5) is 15.9 Å². The smallest absolute Gasteiger partial charge is 0.185 e. The predicted molar refractivity (Wildman–Crippen MR) is 106 cm³/mol. The van der Waals surface area contributed by atoms with E-state index in [0.717, 1.165) is 52.0 Å². The lowest BCUT2D eigenvalue weighted by atomic mass is 9.98. The summed E-state index contributed by atoms with van der Waals surface area (Å²) in [6.07, 6.45) is 2.89. The van der Waals surface area contributed by atoms with Crippen molar-refractivity contribution in [2.75, 3.05) is 17.2 Å². The number of fused-ring (bicyclic) bond motifs is 4. The number of benzene rings is 2. The van der Waals surface area contributed by atoms with Gasteiger partial charge in [-0.3, -0.25) is 0 Å². The van der Waals surface area contributed by atoms with Gasteiger partial charge in [-0.05, 0) is 36.5 Å². The molecule has 0 bridgehead atoms. The van der Waals surface area contributed by atoms with Crippen LogP contribution in [0.2, 0.25) is 0 Å². The molecule has 140 valence electrons. The highest BCUT2D eigenvalue weighted by molar-refractivity contribution is 6.00. The van der Waals surface area contributed by atoms with Crippen molar-refractivity contribution in [1.29, 1.82) is 0 Å². The first kappa shape index (κ1) is 15.8. The molecule has 1 saturated carbocycles. The third kappa shape index (κ3) is 2.22. The molecule has 1 aliphatic carbocycles. The lowest BCUT2D eigenvalue weighted by Gasteiger charge is -2.31. The van der Waals surface area contributed by atoms with Crippen LogP contribution in [0.15, 0.2) is 36.4 Å². The molecule has 7 heteroatoms. The maximum absolute atomic E-state index is 14.4. The zero-order valence-corrected chi connectivity index (χ0v) is 15.3. The summed E-state index contributed by atoms with van der Waals surface area (Å²) in [6, 6.07) is 11.7. The molecule has 0 atom stereocenters. The zero-order valence-electron chi connectivity index (χ0n) is 15.3. The monoisotopic (exact) mass is 374 g/mol. The molecule has 2 N–H and O–H groups in total. The number of nitrogen functional groups attached to an aromatic ring is 1. The number of nitrogens with two attached hydrogens (primary N) is 1. The summed E-state index contributed by atoms with van der Waals surface area (Å²) >= 11 is 0. The molecule has 0 radical (unpaired) electrons. The molecule has 0 spiro atoms. The second-order valence-corrected chi connectivity index (χ2v) is 7.72. The Bertz CT molecular complexity index is 1240. The van der Waals surface area contributed by atoms with E-state index in [2.05, 4.69) is 27.2 Å². The third-order valence-corrected chi connectivity index (χ3v) is 5.87. The molecule has 1 fully saturated rings. The van der Waals surface area contributed by atoms with Crippen LogP contribution in [0, 0.1) is 5.82 Å². The van der Waals surface area contributed by atoms with Gasteiger partial charge >= 0.3 is 0 Å². The van der Waals surface area contributed by atoms with Crippen molar-refractivity contribution >= 4 is 27.9 Å². The second kappa shape index (κ2) is 5.64. The van der Waals surface area contributed by atoms with Gasteiger partial charge in [0.1, 0.15) is 5.82 Å². The van der Waals surface area contributed by atoms with Crippen molar-refractivity contribution < 1.29 is 4.39 Å². The van der Waals surface area contributed by atoms with E-state index in [0.29, 0.717) is 25.4 Å². The van der Waals surface area contributed by atoms with Crippen LogP contribution in [0.3, 0.4) is 0 Å². The molecular weight excluding hydrogens is 355 g/mol. The second-order valence-electron chi connectivity index (χ2n) is 7.72. The SMILES string of the molecule is Nc1ccc2c(c1F)CCN(c1nn3c(C4CC4)nnc3c3ccccc13)C2. The minimum atomic E-state index is -0.278. The molecule has 0 unspecified atom stereocenters. The third-order valence-electron chi connectivity index (χ3n) is 5.87. The van der Waals surface area contributed by atoms with Gasteiger partial charge in [0.25, 0.3) is 0 Å². The number of nitrogens with zero attached hydrogens (tertiary/aromatic N) is 5. The van der Waals surface area contributed by atoms with Gasteiger partial charge in [-0.2, -0.15) is 4.52 Å². The van der Waals surface area contributed by atoms with E-state index in [4.69, 9.17) is 10.8 Å². The first-order valence-electron chi connectivity index (χ1n) is 9.65. The minimum Gasteiger partial charge on any atom is -0.396 e. The lowest BCUT2D eigenvalue weighted by Crippen LogP contribution is -2.32. The van der Waals surface area contributed by atoms with Crippen LogP contribution in [0.1, 0.15) is 35.7 Å². The van der Waals surface area contributed by atoms with Crippen molar-refractivity contribution in [3.63, 3.8) is 0 Å². The highest BCUT2D eigenvalue weighted by Gasteiger charge is 2.31. The lowest BCUT2D eigenvalue weighted by molar-refractivity contribution is 0.592. The maximum Gasteiger partial charge on any atom is 0.185 e. The largest absolute Gasteiger partial charge is 0.396 e. The quantitative estimate of drug-likeness (QED) is 0.544. The van der Waals surface area contributed by atoms with Gasteiger partial charge in [0.2, 0.25) is 0 Å². The van der Waals surface area contributed by atoms with Gasteiger partial charge in [0, 0.05) is 29.8 Å². The summed E-state index contributed by atoms with van der Waals surface area (Å²) in [7, 11) is 0. The summed E-state index contributed by atoms with van der Waals surface area (Å²) in [5, 5.41) is 15.9. The summed E-state index contributed by atoms with van der Waals surface area (Å²) < 4.78 is 16.3. The molecule has 0 amide bonds. The van der Waals surface area contributed by atoms with Crippen molar-refractivity contribution in [3.05, 3.63) is 59.2 Å². The van der Waals surface area contributed by atoms with Crippen LogP contribution in [-0.2, 0) is 13.0 Å². The fourth-order valence-corrected chi connectivity index (χ4v) is 4.22. The van der Waals surface area contributed by atoms with Crippen molar-refractivity contribution in [2.45, 2.75) is 31.7 Å². The fourth-order valence-electron chi connectivity index (χ4n) is 4.22. The van der Waals surface area contributed by atoms with Gasteiger partial charge in [-0.1, -0.05) is 30.3 Å². The Morgan fingerprint density at radius 1 is 1.04 bits per heavy atom. The summed E-state index contributed by atoms with van der Waals surface area (Å²) in [6.45, 7) is 1.30. The van der Waals surface area contributed by atoms with Crippen LogP contribution in [0.5, 0.6) is 0 Å². The number of aromatic nitrogens is 4. The number of anilines is 2. The van der Waals surface area contributed by atoms with E-state index in [-0.39, 0.29) is 11.5 Å². The van der Waals surface area contributed by atoms with Gasteiger partial charge in [-0.15, -0.1) is 15.3 Å². The fraction of sp³-hybridized carbons (Fsp3) is 0.286. The van der Waals surface area contributed by atoms with Crippen LogP contribution >= 0.6 is 0 Å². The average molecular weight is 374 g/mol. The van der Waals surface area contributed by atoms with E-state index >= 15 is 0 Å². The Morgan fingerprint density at radius 2 is 1.86 bits per heavy atom. The van der Waals surface area contributed by atoms with E-state index in [1.807, 2.05) is 22.7 Å². The molecule has 2 aromatic heterocycles. The normalized spacial score (nSPS) is 16.7. The Balaban J connectivity index is 1.53. The number of halogens is 1. The highest BCUT2D eigenvalue weighted by atomic mass is 19.1. The Hall–Kier alpha value is -3.22. The topological polar surface area (TPSA) is 72.3 Å². The van der Waals surface area contributed by atoms with E-state index in [1.165, 1.54) is 0 Å². The first-order valence-corrected chi connectivity index (χ1v) is 9.65. The van der Waals surface area contributed by atoms with Crippen LogP contribution in [0.25, 0.3) is 16.4 Å². The zero-order chi connectivity index (χ0) is 18.8. The van der Waals surface area contributed by atoms with Crippen molar-refractivity contribution in [1.82, 2.24) is 19.8 Å². The molecule has 6 nitrogen and oxygen atoms in total.